The fourth-order valence-corrected chi connectivity index (χ4v) is 3.61. The van der Waals surface area contributed by atoms with Crippen molar-refractivity contribution in [2.24, 2.45) is 5.92 Å². The molecular weight excluding hydrogens is 318 g/mol. The largest absolute Gasteiger partial charge is 0.447 e. The van der Waals surface area contributed by atoms with Gasteiger partial charge in [-0.1, -0.05) is 0 Å². The molecule has 0 bridgehead atoms. The number of carbonyl (C=O) groups excluding carboxylic acids is 1. The molecule has 1 aromatic heterocycles. The smallest absolute Gasteiger partial charge is 0.410 e. The second kappa shape index (κ2) is 8.63. The monoisotopic (exact) mass is 347 g/mol. The molecular formula is C19H29N3O3. The zero-order valence-electron chi connectivity index (χ0n) is 15.2. The van der Waals surface area contributed by atoms with Gasteiger partial charge in [0.1, 0.15) is 0 Å². The average Bonchev–Trinajstić information content (AvgIpc) is 3.02. The maximum Gasteiger partial charge on any atom is 0.410 e. The molecule has 1 aromatic rings. The third-order valence-corrected chi connectivity index (χ3v) is 4.99. The molecule has 1 N–H and O–H groups in total. The van der Waals surface area contributed by atoms with Crippen molar-refractivity contribution in [3.05, 3.63) is 30.1 Å². The molecule has 0 saturated carbocycles. The van der Waals surface area contributed by atoms with E-state index in [-0.39, 0.29) is 12.2 Å². The van der Waals surface area contributed by atoms with Crippen molar-refractivity contribution in [3.8, 4) is 0 Å². The van der Waals surface area contributed by atoms with E-state index in [2.05, 4.69) is 22.4 Å². The van der Waals surface area contributed by atoms with Gasteiger partial charge in [-0.3, -0.25) is 4.98 Å². The van der Waals surface area contributed by atoms with E-state index in [9.17, 15) is 4.79 Å². The van der Waals surface area contributed by atoms with Gasteiger partial charge in [0.15, 0.2) is 0 Å². The molecule has 3 heterocycles. The Morgan fingerprint density at radius 3 is 2.72 bits per heavy atom. The second-order valence-corrected chi connectivity index (χ2v) is 7.32. The minimum Gasteiger partial charge on any atom is -0.447 e. The molecule has 2 fully saturated rings. The Morgan fingerprint density at radius 2 is 2.04 bits per heavy atom. The molecule has 0 spiro atoms. The maximum atomic E-state index is 12.0. The van der Waals surface area contributed by atoms with Crippen LogP contribution in [0.25, 0.3) is 0 Å². The molecule has 0 aliphatic carbocycles. The van der Waals surface area contributed by atoms with E-state index in [1.54, 1.807) is 0 Å². The van der Waals surface area contributed by atoms with Gasteiger partial charge in [0.25, 0.3) is 0 Å². The van der Waals surface area contributed by atoms with Crippen LogP contribution in [-0.4, -0.2) is 60.5 Å². The molecule has 0 radical (unpaired) electrons. The average molecular weight is 347 g/mol. The van der Waals surface area contributed by atoms with Crippen LogP contribution in [0, 0.1) is 5.92 Å². The van der Waals surface area contributed by atoms with Gasteiger partial charge in [-0.05, 0) is 50.8 Å². The lowest BCUT2D eigenvalue weighted by molar-refractivity contribution is 0.0668. The highest BCUT2D eigenvalue weighted by molar-refractivity contribution is 5.67. The Morgan fingerprint density at radius 1 is 1.32 bits per heavy atom. The summed E-state index contributed by atoms with van der Waals surface area (Å²) >= 11 is 0. The van der Waals surface area contributed by atoms with E-state index in [0.717, 1.165) is 45.6 Å². The van der Waals surface area contributed by atoms with Crippen molar-refractivity contribution < 1.29 is 14.3 Å². The predicted octanol–water partition coefficient (Wildman–Crippen LogP) is 2.24. The Hall–Kier alpha value is -1.66. The fourth-order valence-electron chi connectivity index (χ4n) is 3.61. The number of aromatic nitrogens is 1. The minimum absolute atomic E-state index is 0.0621. The van der Waals surface area contributed by atoms with E-state index >= 15 is 0 Å². The molecule has 0 unspecified atom stereocenters. The minimum atomic E-state index is -0.187. The standard InChI is InChI=1S/C19H29N3O3/c1-14(2)25-19(23)22-9-5-17(6-10-22)21-18-13-24-12-16(18)11-15-3-7-20-8-4-15/h3-4,7-8,14,16-18,21H,5-6,9-13H2,1-2H3/t16-,18-/m1/s1. The molecule has 6 heteroatoms. The van der Waals surface area contributed by atoms with Gasteiger partial charge in [0.05, 0.1) is 19.3 Å². The van der Waals surface area contributed by atoms with Gasteiger partial charge in [-0.25, -0.2) is 4.79 Å². The summed E-state index contributed by atoms with van der Waals surface area (Å²) in [4.78, 5) is 17.9. The number of nitrogens with zero attached hydrogens (tertiary/aromatic N) is 2. The Balaban J connectivity index is 1.45. The lowest BCUT2D eigenvalue weighted by atomic mass is 9.93. The van der Waals surface area contributed by atoms with Crippen molar-refractivity contribution in [1.82, 2.24) is 15.2 Å². The van der Waals surface area contributed by atoms with E-state index in [4.69, 9.17) is 9.47 Å². The van der Waals surface area contributed by atoms with Crippen molar-refractivity contribution in [1.29, 1.82) is 0 Å². The molecule has 0 aromatic carbocycles. The lowest BCUT2D eigenvalue weighted by Gasteiger charge is -2.34. The lowest BCUT2D eigenvalue weighted by Crippen LogP contribution is -2.50. The zero-order valence-corrected chi connectivity index (χ0v) is 15.2. The number of pyridine rings is 1. The third kappa shape index (κ3) is 5.16. The maximum absolute atomic E-state index is 12.0. The Bertz CT molecular complexity index is 544. The van der Waals surface area contributed by atoms with Crippen LogP contribution in [0.4, 0.5) is 4.79 Å². The Labute approximate surface area is 149 Å². The number of amides is 1. The van der Waals surface area contributed by atoms with E-state index in [1.807, 2.05) is 31.1 Å². The molecule has 2 aliphatic rings. The van der Waals surface area contributed by atoms with Crippen molar-refractivity contribution in [2.75, 3.05) is 26.3 Å². The first kappa shape index (κ1) is 18.1. The van der Waals surface area contributed by atoms with Crippen molar-refractivity contribution in [3.63, 3.8) is 0 Å². The number of rotatable bonds is 5. The van der Waals surface area contributed by atoms with Crippen LogP contribution < -0.4 is 5.32 Å². The summed E-state index contributed by atoms with van der Waals surface area (Å²) < 4.78 is 11.0. The molecule has 138 valence electrons. The van der Waals surface area contributed by atoms with Crippen LogP contribution in [0.3, 0.4) is 0 Å². The van der Waals surface area contributed by atoms with Crippen LogP contribution in [0.15, 0.2) is 24.5 Å². The third-order valence-electron chi connectivity index (χ3n) is 4.99. The van der Waals surface area contributed by atoms with Crippen LogP contribution in [-0.2, 0) is 15.9 Å². The first-order chi connectivity index (χ1) is 12.1. The van der Waals surface area contributed by atoms with Gasteiger partial charge in [-0.15, -0.1) is 0 Å². The molecule has 2 saturated heterocycles. The van der Waals surface area contributed by atoms with E-state index in [1.165, 1.54) is 5.56 Å². The van der Waals surface area contributed by atoms with Gasteiger partial charge >= 0.3 is 6.09 Å². The highest BCUT2D eigenvalue weighted by Crippen LogP contribution is 2.21. The molecule has 2 atom stereocenters. The molecule has 6 nitrogen and oxygen atoms in total. The van der Waals surface area contributed by atoms with Gasteiger partial charge < -0.3 is 19.7 Å². The Kier molecular flexibility index (Phi) is 6.26. The van der Waals surface area contributed by atoms with Crippen molar-refractivity contribution >= 4 is 6.09 Å². The fraction of sp³-hybridized carbons (Fsp3) is 0.684. The quantitative estimate of drug-likeness (QED) is 0.885. The zero-order chi connectivity index (χ0) is 17.6. The van der Waals surface area contributed by atoms with Crippen LogP contribution >= 0.6 is 0 Å². The summed E-state index contributed by atoms with van der Waals surface area (Å²) in [6, 6.07) is 4.98. The summed E-state index contributed by atoms with van der Waals surface area (Å²) in [6.07, 6.45) is 6.39. The molecule has 3 rings (SSSR count). The number of carbonyl (C=O) groups is 1. The highest BCUT2D eigenvalue weighted by atomic mass is 16.6. The van der Waals surface area contributed by atoms with Gasteiger partial charge in [0, 0.05) is 43.5 Å². The summed E-state index contributed by atoms with van der Waals surface area (Å²) in [5.74, 6) is 0.492. The summed E-state index contributed by atoms with van der Waals surface area (Å²) in [6.45, 7) is 6.85. The molecule has 2 aliphatic heterocycles. The second-order valence-electron chi connectivity index (χ2n) is 7.32. The van der Waals surface area contributed by atoms with Gasteiger partial charge in [-0.2, -0.15) is 0 Å². The first-order valence-electron chi connectivity index (χ1n) is 9.30. The number of likely N-dealkylation sites (tertiary alicyclic amines) is 1. The first-order valence-corrected chi connectivity index (χ1v) is 9.30. The van der Waals surface area contributed by atoms with Crippen LogP contribution in [0.1, 0.15) is 32.3 Å². The van der Waals surface area contributed by atoms with Gasteiger partial charge in [0.2, 0.25) is 0 Å². The molecule has 25 heavy (non-hydrogen) atoms. The summed E-state index contributed by atoms with van der Waals surface area (Å²) in [5.41, 5.74) is 1.31. The topological polar surface area (TPSA) is 63.7 Å². The number of ether oxygens (including phenoxy) is 2. The van der Waals surface area contributed by atoms with E-state index < -0.39 is 0 Å². The molecule has 1 amide bonds. The number of nitrogens with one attached hydrogen (secondary N) is 1. The van der Waals surface area contributed by atoms with E-state index in [0.29, 0.717) is 18.0 Å². The number of hydrogen-bond acceptors (Lipinski definition) is 5. The van der Waals surface area contributed by atoms with Crippen molar-refractivity contribution in [2.45, 2.75) is 51.3 Å². The SMILES string of the molecule is CC(C)OC(=O)N1CCC(N[C@@H]2COC[C@H]2Cc2ccncc2)CC1. The van der Waals surface area contributed by atoms with Crippen LogP contribution in [0.2, 0.25) is 0 Å². The normalized spacial score (nSPS) is 24.7. The highest BCUT2D eigenvalue weighted by Gasteiger charge is 2.32. The summed E-state index contributed by atoms with van der Waals surface area (Å²) in [7, 11) is 0. The number of hydrogen-bond donors (Lipinski definition) is 1. The summed E-state index contributed by atoms with van der Waals surface area (Å²) in [5, 5.41) is 3.77. The number of piperidine rings is 1. The van der Waals surface area contributed by atoms with Crippen LogP contribution in [0.5, 0.6) is 0 Å². The predicted molar refractivity (Wildman–Crippen MR) is 95.4 cm³/mol.